The van der Waals surface area contributed by atoms with Gasteiger partial charge in [-0.15, -0.1) is 0 Å². The zero-order chi connectivity index (χ0) is 15.1. The maximum Gasteiger partial charge on any atom is 0.290 e. The van der Waals surface area contributed by atoms with Gasteiger partial charge in [0, 0.05) is 6.04 Å². The SMILES string of the molecule is O=CO.Oc1ccc(CC2NCCC3=C2CCCC3)cc1. The molecule has 3 rings (SSSR count). The molecule has 0 radical (unpaired) electrons. The Morgan fingerprint density at radius 1 is 1.14 bits per heavy atom. The molecule has 3 N–H and O–H groups in total. The van der Waals surface area contributed by atoms with Gasteiger partial charge >= 0.3 is 0 Å². The van der Waals surface area contributed by atoms with Gasteiger partial charge < -0.3 is 15.5 Å². The Morgan fingerprint density at radius 3 is 2.52 bits per heavy atom. The van der Waals surface area contributed by atoms with Gasteiger partial charge in [0.2, 0.25) is 0 Å². The molecular weight excluding hydrogens is 266 g/mol. The molecule has 1 atom stereocenters. The lowest BCUT2D eigenvalue weighted by Gasteiger charge is -2.33. The second-order valence-electron chi connectivity index (χ2n) is 5.57. The summed E-state index contributed by atoms with van der Waals surface area (Å²) in [5, 5.41) is 19.9. The van der Waals surface area contributed by atoms with Gasteiger partial charge in [-0.2, -0.15) is 0 Å². The molecule has 0 saturated heterocycles. The van der Waals surface area contributed by atoms with E-state index >= 15 is 0 Å². The summed E-state index contributed by atoms with van der Waals surface area (Å²) in [6, 6.07) is 8.17. The molecule has 0 bridgehead atoms. The second-order valence-corrected chi connectivity index (χ2v) is 5.57. The largest absolute Gasteiger partial charge is 0.508 e. The van der Waals surface area contributed by atoms with Crippen LogP contribution in [0, 0.1) is 0 Å². The van der Waals surface area contributed by atoms with Gasteiger partial charge in [0.1, 0.15) is 5.75 Å². The summed E-state index contributed by atoms with van der Waals surface area (Å²) >= 11 is 0. The number of phenolic OH excluding ortho intramolecular Hbond substituents is 1. The lowest BCUT2D eigenvalue weighted by Crippen LogP contribution is -2.39. The summed E-state index contributed by atoms with van der Waals surface area (Å²) in [6.07, 6.45) is 7.64. The third-order valence-corrected chi connectivity index (χ3v) is 4.24. The van der Waals surface area contributed by atoms with E-state index in [1.807, 2.05) is 12.1 Å². The number of hydrogen-bond acceptors (Lipinski definition) is 3. The van der Waals surface area contributed by atoms with Crippen molar-refractivity contribution in [2.24, 2.45) is 0 Å². The lowest BCUT2D eigenvalue weighted by molar-refractivity contribution is -0.122. The molecule has 4 nitrogen and oxygen atoms in total. The number of benzene rings is 1. The Hall–Kier alpha value is -1.81. The Labute approximate surface area is 125 Å². The van der Waals surface area contributed by atoms with Crippen LogP contribution in [0.15, 0.2) is 35.4 Å². The van der Waals surface area contributed by atoms with Crippen LogP contribution in [0.3, 0.4) is 0 Å². The smallest absolute Gasteiger partial charge is 0.290 e. The van der Waals surface area contributed by atoms with Crippen molar-refractivity contribution in [1.82, 2.24) is 5.32 Å². The highest BCUT2D eigenvalue weighted by Gasteiger charge is 2.24. The molecule has 114 valence electrons. The minimum atomic E-state index is -0.250. The third-order valence-electron chi connectivity index (χ3n) is 4.24. The monoisotopic (exact) mass is 289 g/mol. The quantitative estimate of drug-likeness (QED) is 0.578. The normalized spacial score (nSPS) is 21.0. The Balaban J connectivity index is 0.000000497. The predicted octanol–water partition coefficient (Wildman–Crippen LogP) is 2.87. The Kier molecular flexibility index (Phi) is 5.81. The molecule has 0 aromatic heterocycles. The molecule has 0 fully saturated rings. The number of carbonyl (C=O) groups is 1. The van der Waals surface area contributed by atoms with E-state index in [-0.39, 0.29) is 6.47 Å². The molecule has 1 aromatic carbocycles. The molecule has 0 amide bonds. The summed E-state index contributed by atoms with van der Waals surface area (Å²) in [5.74, 6) is 0.355. The van der Waals surface area contributed by atoms with Crippen molar-refractivity contribution < 1.29 is 15.0 Å². The highest BCUT2D eigenvalue weighted by Crippen LogP contribution is 2.32. The molecule has 1 aliphatic heterocycles. The zero-order valence-corrected chi connectivity index (χ0v) is 12.2. The summed E-state index contributed by atoms with van der Waals surface area (Å²) < 4.78 is 0. The number of rotatable bonds is 2. The maximum absolute atomic E-state index is 9.32. The van der Waals surface area contributed by atoms with Crippen LogP contribution in [0.1, 0.15) is 37.7 Å². The van der Waals surface area contributed by atoms with Crippen molar-refractivity contribution in [2.75, 3.05) is 6.54 Å². The van der Waals surface area contributed by atoms with Crippen LogP contribution in [0.4, 0.5) is 0 Å². The number of carboxylic acid groups (broad SMARTS) is 1. The first kappa shape index (κ1) is 15.6. The van der Waals surface area contributed by atoms with Crippen LogP contribution in [-0.4, -0.2) is 29.3 Å². The molecule has 21 heavy (non-hydrogen) atoms. The van der Waals surface area contributed by atoms with Gasteiger partial charge in [-0.1, -0.05) is 23.3 Å². The Morgan fingerprint density at radius 2 is 1.81 bits per heavy atom. The Bertz CT molecular complexity index is 489. The molecule has 1 aliphatic carbocycles. The first-order valence-corrected chi connectivity index (χ1v) is 7.54. The maximum atomic E-state index is 9.32. The minimum absolute atomic E-state index is 0.250. The average Bonchev–Trinajstić information content (AvgIpc) is 2.51. The molecule has 1 heterocycles. The van der Waals surface area contributed by atoms with Crippen LogP contribution in [0.2, 0.25) is 0 Å². The van der Waals surface area contributed by atoms with E-state index in [1.165, 1.54) is 37.7 Å². The molecule has 2 aliphatic rings. The lowest BCUT2D eigenvalue weighted by atomic mass is 9.81. The fourth-order valence-corrected chi connectivity index (χ4v) is 3.28. The first-order chi connectivity index (χ1) is 10.2. The standard InChI is InChI=1S/C16H21NO.CH2O2/c18-14-7-5-12(6-8-14)11-16-15-4-2-1-3-13(15)9-10-17-16;2-1-3/h5-8,16-18H,1-4,9-11H2;1H,(H,2,3). The van der Waals surface area contributed by atoms with Crippen molar-refractivity contribution in [3.63, 3.8) is 0 Å². The second kappa shape index (κ2) is 7.84. The van der Waals surface area contributed by atoms with E-state index in [4.69, 9.17) is 9.90 Å². The molecule has 1 unspecified atom stereocenters. The van der Waals surface area contributed by atoms with E-state index in [0.717, 1.165) is 13.0 Å². The molecule has 0 spiro atoms. The highest BCUT2D eigenvalue weighted by molar-refractivity contribution is 5.32. The number of nitrogens with one attached hydrogen (secondary N) is 1. The van der Waals surface area contributed by atoms with Crippen molar-refractivity contribution in [2.45, 2.75) is 44.6 Å². The summed E-state index contributed by atoms with van der Waals surface area (Å²) in [6.45, 7) is 0.877. The zero-order valence-electron chi connectivity index (χ0n) is 12.2. The van der Waals surface area contributed by atoms with E-state index in [1.54, 1.807) is 23.3 Å². The summed E-state index contributed by atoms with van der Waals surface area (Å²) in [5.41, 5.74) is 4.72. The summed E-state index contributed by atoms with van der Waals surface area (Å²) in [7, 11) is 0. The van der Waals surface area contributed by atoms with Crippen LogP contribution < -0.4 is 5.32 Å². The number of aromatic hydroxyl groups is 1. The topological polar surface area (TPSA) is 69.6 Å². The van der Waals surface area contributed by atoms with E-state index in [2.05, 4.69) is 5.32 Å². The number of hydrogen-bond donors (Lipinski definition) is 3. The van der Waals surface area contributed by atoms with Crippen LogP contribution in [0.25, 0.3) is 0 Å². The van der Waals surface area contributed by atoms with Gasteiger partial charge in [-0.3, -0.25) is 4.79 Å². The van der Waals surface area contributed by atoms with Gasteiger partial charge in [0.25, 0.3) is 6.47 Å². The van der Waals surface area contributed by atoms with Crippen molar-refractivity contribution in [3.05, 3.63) is 41.0 Å². The van der Waals surface area contributed by atoms with E-state index < -0.39 is 0 Å². The van der Waals surface area contributed by atoms with Crippen molar-refractivity contribution in [1.29, 1.82) is 0 Å². The number of phenols is 1. The molecule has 0 saturated carbocycles. The van der Waals surface area contributed by atoms with Crippen molar-refractivity contribution >= 4 is 6.47 Å². The van der Waals surface area contributed by atoms with Crippen molar-refractivity contribution in [3.8, 4) is 5.75 Å². The first-order valence-electron chi connectivity index (χ1n) is 7.54. The van der Waals surface area contributed by atoms with Gasteiger partial charge in [0.05, 0.1) is 0 Å². The predicted molar refractivity (Wildman–Crippen MR) is 82.4 cm³/mol. The fourth-order valence-electron chi connectivity index (χ4n) is 3.28. The third kappa shape index (κ3) is 4.33. The minimum Gasteiger partial charge on any atom is -0.508 e. The van der Waals surface area contributed by atoms with Gasteiger partial charge in [-0.25, -0.2) is 0 Å². The fraction of sp³-hybridized carbons (Fsp3) is 0.471. The van der Waals surface area contributed by atoms with Gasteiger partial charge in [0.15, 0.2) is 0 Å². The average molecular weight is 289 g/mol. The van der Waals surface area contributed by atoms with Gasteiger partial charge in [-0.05, 0) is 62.8 Å². The van der Waals surface area contributed by atoms with Crippen LogP contribution in [-0.2, 0) is 11.2 Å². The van der Waals surface area contributed by atoms with Crippen LogP contribution >= 0.6 is 0 Å². The molecule has 1 aromatic rings. The van der Waals surface area contributed by atoms with E-state index in [0.29, 0.717) is 11.8 Å². The van der Waals surface area contributed by atoms with Crippen LogP contribution in [0.5, 0.6) is 5.75 Å². The molecular formula is C17H23NO3. The van der Waals surface area contributed by atoms with E-state index in [9.17, 15) is 5.11 Å². The highest BCUT2D eigenvalue weighted by atomic mass is 16.3. The summed E-state index contributed by atoms with van der Waals surface area (Å²) in [4.78, 5) is 8.36. The molecule has 4 heteroatoms.